The SMILES string of the molecule is CCCC(CC)NCc1ccc(Nc2ncc(C(F)(F)F)c(NCc3ccc(C)cc3N(C)S(C)=O)n2)c(OC)c1. The lowest BCUT2D eigenvalue weighted by Crippen LogP contribution is -2.27. The van der Waals surface area contributed by atoms with Crippen LogP contribution in [0.4, 0.5) is 36.3 Å². The van der Waals surface area contributed by atoms with Gasteiger partial charge in [-0.3, -0.25) is 4.31 Å². The van der Waals surface area contributed by atoms with Crippen LogP contribution in [0.2, 0.25) is 0 Å². The Kier molecular flexibility index (Phi) is 11.4. The number of benzene rings is 2. The van der Waals surface area contributed by atoms with Crippen LogP contribution in [0.1, 0.15) is 55.4 Å². The van der Waals surface area contributed by atoms with Crippen molar-refractivity contribution in [1.82, 2.24) is 15.3 Å². The molecule has 1 aromatic heterocycles. The molecule has 12 heteroatoms. The molecule has 224 valence electrons. The lowest BCUT2D eigenvalue weighted by Gasteiger charge is -2.21. The van der Waals surface area contributed by atoms with Crippen molar-refractivity contribution in [2.45, 2.75) is 65.3 Å². The second kappa shape index (κ2) is 14.5. The van der Waals surface area contributed by atoms with E-state index in [0.29, 0.717) is 35.3 Å². The van der Waals surface area contributed by atoms with Gasteiger partial charge in [-0.05, 0) is 54.7 Å². The largest absolute Gasteiger partial charge is 0.495 e. The van der Waals surface area contributed by atoms with Gasteiger partial charge >= 0.3 is 6.18 Å². The Balaban J connectivity index is 1.85. The van der Waals surface area contributed by atoms with Crippen molar-refractivity contribution >= 4 is 34.1 Å². The standard InChI is InChI=1S/C29H39F3N6O2S/c1-7-9-22(8-2)33-16-20-11-13-24(26(15-20)40-5)36-28-35-18-23(29(30,31)32)27(37-28)34-17-21-12-10-19(3)14-25(21)38(4)41(6)39/h10-15,18,22,33H,7-9,16-17H2,1-6H3,(H2,34,35,36,37). The second-order valence-corrected chi connectivity index (χ2v) is 11.2. The number of hydrogen-bond acceptors (Lipinski definition) is 7. The van der Waals surface area contributed by atoms with Crippen LogP contribution in [-0.4, -0.2) is 40.6 Å². The van der Waals surface area contributed by atoms with E-state index in [9.17, 15) is 17.4 Å². The average Bonchev–Trinajstić information content (AvgIpc) is 2.94. The molecule has 8 nitrogen and oxygen atoms in total. The van der Waals surface area contributed by atoms with E-state index in [-0.39, 0.29) is 18.3 Å². The Morgan fingerprint density at radius 1 is 1.12 bits per heavy atom. The molecule has 0 aliphatic rings. The van der Waals surface area contributed by atoms with Crippen molar-refractivity contribution in [1.29, 1.82) is 0 Å². The molecule has 0 spiro atoms. The number of ether oxygens (including phenoxy) is 1. The van der Waals surface area contributed by atoms with Gasteiger partial charge in [0, 0.05) is 38.6 Å². The van der Waals surface area contributed by atoms with E-state index < -0.39 is 22.7 Å². The summed E-state index contributed by atoms with van der Waals surface area (Å²) in [6.45, 7) is 6.90. The predicted molar refractivity (Wildman–Crippen MR) is 160 cm³/mol. The maximum atomic E-state index is 13.9. The summed E-state index contributed by atoms with van der Waals surface area (Å²) in [6.07, 6.45) is 0.852. The molecule has 2 atom stereocenters. The molecule has 3 rings (SSSR count). The third kappa shape index (κ3) is 8.80. The Morgan fingerprint density at radius 2 is 1.88 bits per heavy atom. The Bertz CT molecular complexity index is 1340. The lowest BCUT2D eigenvalue weighted by atomic mass is 10.1. The van der Waals surface area contributed by atoms with Gasteiger partial charge in [0.2, 0.25) is 5.95 Å². The van der Waals surface area contributed by atoms with Gasteiger partial charge < -0.3 is 20.7 Å². The van der Waals surface area contributed by atoms with Crippen molar-refractivity contribution < 1.29 is 22.1 Å². The highest BCUT2D eigenvalue weighted by Gasteiger charge is 2.35. The Labute approximate surface area is 242 Å². The number of rotatable bonds is 14. The number of aromatic nitrogens is 2. The van der Waals surface area contributed by atoms with Gasteiger partial charge in [-0.25, -0.2) is 9.19 Å². The maximum absolute atomic E-state index is 13.9. The summed E-state index contributed by atoms with van der Waals surface area (Å²) < 4.78 is 60.8. The van der Waals surface area contributed by atoms with Crippen molar-refractivity contribution in [2.75, 3.05) is 35.4 Å². The normalized spacial score (nSPS) is 13.0. The summed E-state index contributed by atoms with van der Waals surface area (Å²) in [4.78, 5) is 8.10. The zero-order chi connectivity index (χ0) is 30.2. The van der Waals surface area contributed by atoms with Crippen molar-refractivity contribution in [2.24, 2.45) is 0 Å². The summed E-state index contributed by atoms with van der Waals surface area (Å²) in [5, 5.41) is 9.36. The zero-order valence-electron chi connectivity index (χ0n) is 24.4. The highest BCUT2D eigenvalue weighted by Crippen LogP contribution is 2.35. The zero-order valence-corrected chi connectivity index (χ0v) is 25.2. The van der Waals surface area contributed by atoms with Crippen molar-refractivity contribution in [3.05, 3.63) is 64.8 Å². The summed E-state index contributed by atoms with van der Waals surface area (Å²) in [5.41, 5.74) is 2.81. The van der Waals surface area contributed by atoms with Crippen LogP contribution >= 0.6 is 0 Å². The van der Waals surface area contributed by atoms with Crippen LogP contribution in [0.15, 0.2) is 42.6 Å². The van der Waals surface area contributed by atoms with Gasteiger partial charge in [0.15, 0.2) is 0 Å². The Hall–Kier alpha value is -3.38. The summed E-state index contributed by atoms with van der Waals surface area (Å²) >= 11 is 0. The topological polar surface area (TPSA) is 91.4 Å². The van der Waals surface area contributed by atoms with Crippen LogP contribution in [0, 0.1) is 6.92 Å². The molecule has 3 N–H and O–H groups in total. The first-order valence-electron chi connectivity index (χ1n) is 13.5. The molecule has 0 saturated heterocycles. The van der Waals surface area contributed by atoms with E-state index in [4.69, 9.17) is 4.74 Å². The van der Waals surface area contributed by atoms with Gasteiger partial charge in [-0.15, -0.1) is 0 Å². The first-order chi connectivity index (χ1) is 19.5. The Morgan fingerprint density at radius 3 is 2.51 bits per heavy atom. The number of methoxy groups -OCH3 is 1. The first-order valence-corrected chi connectivity index (χ1v) is 15.0. The second-order valence-electron chi connectivity index (χ2n) is 9.79. The van der Waals surface area contributed by atoms with Crippen LogP contribution < -0.4 is 25.0 Å². The number of alkyl halides is 3. The molecule has 0 amide bonds. The molecule has 0 radical (unpaired) electrons. The molecule has 2 aromatic carbocycles. The van der Waals surface area contributed by atoms with Crippen LogP contribution in [0.25, 0.3) is 0 Å². The van der Waals surface area contributed by atoms with E-state index in [1.54, 1.807) is 23.5 Å². The fourth-order valence-electron chi connectivity index (χ4n) is 4.35. The first kappa shape index (κ1) is 32.1. The van der Waals surface area contributed by atoms with Gasteiger partial charge in [0.1, 0.15) is 28.1 Å². The monoisotopic (exact) mass is 592 g/mol. The maximum Gasteiger partial charge on any atom is 0.421 e. The van der Waals surface area contributed by atoms with Crippen LogP contribution in [0.5, 0.6) is 5.75 Å². The fourth-order valence-corrected chi connectivity index (χ4v) is 4.80. The third-order valence-corrected chi connectivity index (χ3v) is 7.71. The fraction of sp³-hybridized carbons (Fsp3) is 0.448. The van der Waals surface area contributed by atoms with Gasteiger partial charge in [-0.2, -0.15) is 18.2 Å². The van der Waals surface area contributed by atoms with Crippen molar-refractivity contribution in [3.8, 4) is 5.75 Å². The molecule has 0 aliphatic carbocycles. The predicted octanol–water partition coefficient (Wildman–Crippen LogP) is 6.57. The number of nitrogens with one attached hydrogen (secondary N) is 3. The minimum atomic E-state index is -4.67. The van der Waals surface area contributed by atoms with E-state index in [1.165, 1.54) is 13.4 Å². The van der Waals surface area contributed by atoms with Crippen LogP contribution in [0.3, 0.4) is 0 Å². The number of aryl methyl sites for hydroxylation is 1. The molecule has 0 saturated carbocycles. The molecule has 3 aromatic rings. The van der Waals surface area contributed by atoms with E-state index in [2.05, 4.69) is 39.8 Å². The van der Waals surface area contributed by atoms with Crippen LogP contribution in [-0.2, 0) is 30.3 Å². The highest BCUT2D eigenvalue weighted by molar-refractivity contribution is 7.85. The van der Waals surface area contributed by atoms with Gasteiger partial charge in [0.05, 0.1) is 18.5 Å². The molecule has 41 heavy (non-hydrogen) atoms. The van der Waals surface area contributed by atoms with E-state index >= 15 is 0 Å². The molecular formula is C29H39F3N6O2S. The van der Waals surface area contributed by atoms with E-state index in [1.807, 2.05) is 31.2 Å². The molecule has 1 heterocycles. The molecule has 0 aliphatic heterocycles. The van der Waals surface area contributed by atoms with Gasteiger partial charge in [-0.1, -0.05) is 38.5 Å². The number of nitrogens with zero attached hydrogens (tertiary/aromatic N) is 3. The number of anilines is 4. The number of hydrogen-bond donors (Lipinski definition) is 3. The quantitative estimate of drug-likeness (QED) is 0.195. The van der Waals surface area contributed by atoms with E-state index in [0.717, 1.165) is 36.6 Å². The molecular weight excluding hydrogens is 553 g/mol. The van der Waals surface area contributed by atoms with Gasteiger partial charge in [0.25, 0.3) is 0 Å². The van der Waals surface area contributed by atoms with Crippen molar-refractivity contribution in [3.63, 3.8) is 0 Å². The molecule has 0 bridgehead atoms. The number of halogens is 3. The highest BCUT2D eigenvalue weighted by atomic mass is 32.2. The molecule has 0 fully saturated rings. The lowest BCUT2D eigenvalue weighted by molar-refractivity contribution is -0.137. The summed E-state index contributed by atoms with van der Waals surface area (Å²) in [7, 11) is 1.89. The minimum Gasteiger partial charge on any atom is -0.495 e. The summed E-state index contributed by atoms with van der Waals surface area (Å²) in [5.74, 6) is 0.128. The average molecular weight is 593 g/mol. The summed E-state index contributed by atoms with van der Waals surface area (Å²) in [6, 6.07) is 11.5. The third-order valence-electron chi connectivity index (χ3n) is 6.74. The molecule has 2 unspecified atom stereocenters. The smallest absolute Gasteiger partial charge is 0.421 e. The minimum absolute atomic E-state index is 0.0189.